The summed E-state index contributed by atoms with van der Waals surface area (Å²) in [7, 11) is 1.53. The molecule has 0 spiro atoms. The molecule has 1 heterocycles. The number of hydrogen-bond acceptors (Lipinski definition) is 4. The van der Waals surface area contributed by atoms with Crippen LogP contribution in [0.4, 0.5) is 0 Å². The third-order valence-electron chi connectivity index (χ3n) is 3.22. The van der Waals surface area contributed by atoms with Crippen LogP contribution in [-0.2, 0) is 11.2 Å². The fraction of sp³-hybridized carbons (Fsp3) is 0.571. The second kappa shape index (κ2) is 6.52. The van der Waals surface area contributed by atoms with Crippen molar-refractivity contribution in [2.24, 2.45) is 17.1 Å². The number of aliphatic carboxylic acids is 1. The van der Waals surface area contributed by atoms with Crippen LogP contribution in [0, 0.1) is 11.3 Å². The first-order valence-electron chi connectivity index (χ1n) is 6.36. The summed E-state index contributed by atoms with van der Waals surface area (Å²) < 4.78 is 5.18. The highest BCUT2D eigenvalue weighted by atomic mass is 16.5. The van der Waals surface area contributed by atoms with Gasteiger partial charge in [-0.05, 0) is 24.8 Å². The Bertz CT molecular complexity index is 434. The Balaban J connectivity index is 3.09. The topological polar surface area (TPSA) is 85.4 Å². The van der Waals surface area contributed by atoms with Crippen LogP contribution in [0.3, 0.4) is 0 Å². The lowest BCUT2D eigenvalue weighted by atomic mass is 9.75. The maximum atomic E-state index is 11.7. The highest BCUT2D eigenvalue weighted by Gasteiger charge is 2.38. The Morgan fingerprint density at radius 1 is 1.58 bits per heavy atom. The van der Waals surface area contributed by atoms with E-state index in [1.165, 1.54) is 7.11 Å². The van der Waals surface area contributed by atoms with Gasteiger partial charge in [0, 0.05) is 18.3 Å². The Kier molecular flexibility index (Phi) is 5.30. The molecule has 0 saturated carbocycles. The number of carboxylic acid groups (broad SMARTS) is 1. The van der Waals surface area contributed by atoms with E-state index in [2.05, 4.69) is 4.98 Å². The number of carbonyl (C=O) groups is 1. The normalized spacial score (nSPS) is 14.2. The first-order valence-corrected chi connectivity index (χ1v) is 6.36. The molecule has 1 unspecified atom stereocenters. The van der Waals surface area contributed by atoms with Gasteiger partial charge < -0.3 is 15.6 Å². The quantitative estimate of drug-likeness (QED) is 0.784. The number of nitrogens with zero attached hydrogens (tertiary/aromatic N) is 1. The van der Waals surface area contributed by atoms with Crippen molar-refractivity contribution in [1.29, 1.82) is 0 Å². The van der Waals surface area contributed by atoms with Gasteiger partial charge in [0.1, 0.15) is 0 Å². The van der Waals surface area contributed by atoms with Crippen molar-refractivity contribution in [2.75, 3.05) is 13.7 Å². The van der Waals surface area contributed by atoms with Crippen LogP contribution in [0.25, 0.3) is 0 Å². The Labute approximate surface area is 113 Å². The average Bonchev–Trinajstić information content (AvgIpc) is 2.37. The van der Waals surface area contributed by atoms with Crippen molar-refractivity contribution in [2.45, 2.75) is 26.7 Å². The summed E-state index contributed by atoms with van der Waals surface area (Å²) >= 11 is 0. The van der Waals surface area contributed by atoms with E-state index >= 15 is 0 Å². The summed E-state index contributed by atoms with van der Waals surface area (Å²) in [4.78, 5) is 15.7. The summed E-state index contributed by atoms with van der Waals surface area (Å²) in [5.41, 5.74) is 5.56. The van der Waals surface area contributed by atoms with E-state index in [9.17, 15) is 9.90 Å². The van der Waals surface area contributed by atoms with Crippen molar-refractivity contribution in [3.05, 3.63) is 23.9 Å². The number of methoxy groups -OCH3 is 1. The fourth-order valence-corrected chi connectivity index (χ4v) is 2.37. The third-order valence-corrected chi connectivity index (χ3v) is 3.22. The first kappa shape index (κ1) is 15.4. The summed E-state index contributed by atoms with van der Waals surface area (Å²) in [5.74, 6) is -0.151. The molecule has 1 rings (SSSR count). The number of rotatable bonds is 7. The highest BCUT2D eigenvalue weighted by Crippen LogP contribution is 2.32. The molecule has 0 fully saturated rings. The molecule has 0 aliphatic carbocycles. The van der Waals surface area contributed by atoms with Crippen molar-refractivity contribution in [3.8, 4) is 5.88 Å². The zero-order valence-corrected chi connectivity index (χ0v) is 11.7. The molecule has 0 aliphatic heterocycles. The second-order valence-corrected chi connectivity index (χ2v) is 5.24. The van der Waals surface area contributed by atoms with Gasteiger partial charge in [-0.1, -0.05) is 19.9 Å². The van der Waals surface area contributed by atoms with Gasteiger partial charge in [-0.25, -0.2) is 4.98 Å². The predicted molar refractivity (Wildman–Crippen MR) is 73.1 cm³/mol. The van der Waals surface area contributed by atoms with E-state index in [4.69, 9.17) is 10.5 Å². The monoisotopic (exact) mass is 266 g/mol. The van der Waals surface area contributed by atoms with Crippen LogP contribution in [0.2, 0.25) is 0 Å². The second-order valence-electron chi connectivity index (χ2n) is 5.24. The van der Waals surface area contributed by atoms with Gasteiger partial charge in [0.15, 0.2) is 0 Å². The van der Waals surface area contributed by atoms with Crippen molar-refractivity contribution >= 4 is 5.97 Å². The van der Waals surface area contributed by atoms with Crippen LogP contribution >= 0.6 is 0 Å². The van der Waals surface area contributed by atoms with E-state index in [0.29, 0.717) is 18.7 Å². The Morgan fingerprint density at radius 2 is 2.26 bits per heavy atom. The molecule has 0 aromatic carbocycles. The molecular formula is C14H22N2O3. The third kappa shape index (κ3) is 3.67. The van der Waals surface area contributed by atoms with E-state index in [-0.39, 0.29) is 12.5 Å². The largest absolute Gasteiger partial charge is 0.481 e. The number of carboxylic acids is 1. The molecule has 1 atom stereocenters. The summed E-state index contributed by atoms with van der Waals surface area (Å²) in [6.07, 6.45) is 2.47. The summed E-state index contributed by atoms with van der Waals surface area (Å²) in [5, 5.41) is 9.56. The number of pyridine rings is 1. The minimum atomic E-state index is -0.968. The SMILES string of the molecule is COc1ncccc1CC(CN)(CC(C)C)C(=O)O. The molecule has 5 heteroatoms. The number of ether oxygens (including phenoxy) is 1. The van der Waals surface area contributed by atoms with Gasteiger partial charge in [0.05, 0.1) is 12.5 Å². The molecule has 1 aromatic rings. The van der Waals surface area contributed by atoms with E-state index in [1.807, 2.05) is 19.9 Å². The van der Waals surface area contributed by atoms with Gasteiger partial charge in [0.25, 0.3) is 0 Å². The standard InChI is InChI=1S/C14H22N2O3/c1-10(2)7-14(9-15,13(17)18)8-11-5-4-6-16-12(11)19-3/h4-6,10H,7-9,15H2,1-3H3,(H,17,18). The van der Waals surface area contributed by atoms with Gasteiger partial charge in [0.2, 0.25) is 5.88 Å². The van der Waals surface area contributed by atoms with Crippen LogP contribution in [0.5, 0.6) is 5.88 Å². The van der Waals surface area contributed by atoms with E-state index in [0.717, 1.165) is 5.56 Å². The van der Waals surface area contributed by atoms with E-state index < -0.39 is 11.4 Å². The lowest BCUT2D eigenvalue weighted by molar-refractivity contribution is -0.149. The van der Waals surface area contributed by atoms with Crippen molar-refractivity contribution in [3.63, 3.8) is 0 Å². The lowest BCUT2D eigenvalue weighted by Gasteiger charge is -2.30. The summed E-state index contributed by atoms with van der Waals surface area (Å²) in [6, 6.07) is 3.61. The Hall–Kier alpha value is -1.62. The molecule has 1 aromatic heterocycles. The molecular weight excluding hydrogens is 244 g/mol. The predicted octanol–water partition coefficient (Wildman–Crippen LogP) is 1.71. The molecule has 0 aliphatic rings. The molecule has 0 amide bonds. The zero-order valence-electron chi connectivity index (χ0n) is 11.7. The molecule has 5 nitrogen and oxygen atoms in total. The van der Waals surface area contributed by atoms with Crippen LogP contribution in [-0.4, -0.2) is 29.7 Å². The average molecular weight is 266 g/mol. The fourth-order valence-electron chi connectivity index (χ4n) is 2.37. The maximum absolute atomic E-state index is 11.7. The van der Waals surface area contributed by atoms with Gasteiger partial charge in [-0.15, -0.1) is 0 Å². The number of hydrogen-bond donors (Lipinski definition) is 2. The van der Waals surface area contributed by atoms with Crippen molar-refractivity contribution in [1.82, 2.24) is 4.98 Å². The molecule has 0 bridgehead atoms. The van der Waals surface area contributed by atoms with E-state index in [1.54, 1.807) is 12.3 Å². The first-order chi connectivity index (χ1) is 8.95. The van der Waals surface area contributed by atoms with Crippen LogP contribution in [0.15, 0.2) is 18.3 Å². The minimum Gasteiger partial charge on any atom is -0.481 e. The van der Waals surface area contributed by atoms with Crippen LogP contribution in [0.1, 0.15) is 25.8 Å². The van der Waals surface area contributed by atoms with Crippen LogP contribution < -0.4 is 10.5 Å². The molecule has 3 N–H and O–H groups in total. The maximum Gasteiger partial charge on any atom is 0.311 e. The molecule has 0 saturated heterocycles. The highest BCUT2D eigenvalue weighted by molar-refractivity contribution is 5.75. The lowest BCUT2D eigenvalue weighted by Crippen LogP contribution is -2.41. The van der Waals surface area contributed by atoms with Gasteiger partial charge >= 0.3 is 5.97 Å². The smallest absolute Gasteiger partial charge is 0.311 e. The molecule has 106 valence electrons. The molecule has 19 heavy (non-hydrogen) atoms. The van der Waals surface area contributed by atoms with Gasteiger partial charge in [-0.2, -0.15) is 0 Å². The molecule has 0 radical (unpaired) electrons. The number of aromatic nitrogens is 1. The minimum absolute atomic E-state index is 0.0958. The van der Waals surface area contributed by atoms with Gasteiger partial charge in [-0.3, -0.25) is 4.79 Å². The summed E-state index contributed by atoms with van der Waals surface area (Å²) in [6.45, 7) is 4.08. The number of nitrogens with two attached hydrogens (primary N) is 1. The Morgan fingerprint density at radius 3 is 2.74 bits per heavy atom. The zero-order chi connectivity index (χ0) is 14.5. The van der Waals surface area contributed by atoms with Crippen molar-refractivity contribution < 1.29 is 14.6 Å².